The van der Waals surface area contributed by atoms with E-state index >= 15 is 0 Å². The Hall–Kier alpha value is -1.87. The van der Waals surface area contributed by atoms with Gasteiger partial charge in [-0.3, -0.25) is 14.9 Å². The Bertz CT molecular complexity index is 888. The molecule has 0 saturated carbocycles. The first-order chi connectivity index (χ1) is 12.4. The summed E-state index contributed by atoms with van der Waals surface area (Å²) in [5, 5.41) is 5.99. The number of carbonyl (C=O) groups is 2. The third-order valence-electron chi connectivity index (χ3n) is 4.07. The number of imide groups is 1. The third-order valence-corrected chi connectivity index (χ3v) is 6.13. The number of hydrogen-bond donors (Lipinski definition) is 3. The second-order valence-electron chi connectivity index (χ2n) is 6.70. The highest BCUT2D eigenvalue weighted by Gasteiger charge is 2.20. The van der Waals surface area contributed by atoms with E-state index in [1.807, 2.05) is 13.8 Å². The standard InChI is InChI=1S/C17H22N4O3S2/c1-9(2)7-18-16(24)19-12(22)8-25-17-20-14(23)13-10-5-3-4-6-11(10)26-15(13)21-17/h9H,3-8H2,1-2H3,(H,20,21,23)(H2,18,19,22,24). The largest absolute Gasteiger partial charge is 0.338 e. The van der Waals surface area contributed by atoms with E-state index in [1.165, 1.54) is 4.88 Å². The van der Waals surface area contributed by atoms with Gasteiger partial charge in [0.25, 0.3) is 5.56 Å². The maximum atomic E-state index is 12.4. The summed E-state index contributed by atoms with van der Waals surface area (Å²) in [4.78, 5) is 45.1. The fourth-order valence-corrected chi connectivity index (χ4v) is 4.83. The molecule has 0 aliphatic heterocycles. The number of carbonyl (C=O) groups excluding carboxylic acids is 2. The molecule has 0 unspecified atom stereocenters. The van der Waals surface area contributed by atoms with Crippen LogP contribution in [-0.2, 0) is 17.6 Å². The Morgan fingerprint density at radius 3 is 2.85 bits per heavy atom. The zero-order chi connectivity index (χ0) is 18.7. The lowest BCUT2D eigenvalue weighted by Gasteiger charge is -2.09. The number of thioether (sulfide) groups is 1. The van der Waals surface area contributed by atoms with Gasteiger partial charge in [0.05, 0.1) is 11.1 Å². The first kappa shape index (κ1) is 18.9. The second kappa shape index (κ2) is 8.22. The lowest BCUT2D eigenvalue weighted by Crippen LogP contribution is -2.41. The highest BCUT2D eigenvalue weighted by atomic mass is 32.2. The van der Waals surface area contributed by atoms with Gasteiger partial charge in [0.1, 0.15) is 4.83 Å². The van der Waals surface area contributed by atoms with Crippen LogP contribution in [0, 0.1) is 5.92 Å². The number of urea groups is 1. The number of thiophene rings is 1. The van der Waals surface area contributed by atoms with Crippen LogP contribution in [0.2, 0.25) is 0 Å². The van der Waals surface area contributed by atoms with Crippen molar-refractivity contribution < 1.29 is 9.59 Å². The molecule has 1 aliphatic rings. The van der Waals surface area contributed by atoms with Gasteiger partial charge in [-0.2, -0.15) is 0 Å². The smallest absolute Gasteiger partial charge is 0.321 e. The first-order valence-electron chi connectivity index (χ1n) is 8.69. The van der Waals surface area contributed by atoms with E-state index in [2.05, 4.69) is 20.6 Å². The molecule has 1 aliphatic carbocycles. The molecular weight excluding hydrogens is 372 g/mol. The van der Waals surface area contributed by atoms with Gasteiger partial charge in [0.2, 0.25) is 5.91 Å². The van der Waals surface area contributed by atoms with E-state index in [4.69, 9.17) is 0 Å². The minimum absolute atomic E-state index is 0.00857. The molecule has 3 rings (SSSR count). The molecule has 3 amide bonds. The molecule has 2 heterocycles. The quantitative estimate of drug-likeness (QED) is 0.534. The number of aromatic amines is 1. The van der Waals surface area contributed by atoms with Crippen LogP contribution in [0.5, 0.6) is 0 Å². The van der Waals surface area contributed by atoms with E-state index in [-0.39, 0.29) is 11.3 Å². The average Bonchev–Trinajstić information content (AvgIpc) is 2.97. The monoisotopic (exact) mass is 394 g/mol. The Labute approximate surface area is 159 Å². The number of amides is 3. The van der Waals surface area contributed by atoms with Crippen molar-refractivity contribution in [1.29, 1.82) is 0 Å². The number of nitrogens with zero attached hydrogens (tertiary/aromatic N) is 1. The Kier molecular flexibility index (Phi) is 5.98. The Morgan fingerprint density at radius 2 is 2.08 bits per heavy atom. The predicted octanol–water partition coefficient (Wildman–Crippen LogP) is 2.44. The highest BCUT2D eigenvalue weighted by molar-refractivity contribution is 7.99. The molecule has 9 heteroatoms. The molecule has 2 aromatic rings. The van der Waals surface area contributed by atoms with Crippen LogP contribution in [0.4, 0.5) is 4.79 Å². The summed E-state index contributed by atoms with van der Waals surface area (Å²) < 4.78 is 0. The molecule has 3 N–H and O–H groups in total. The summed E-state index contributed by atoms with van der Waals surface area (Å²) in [6.45, 7) is 4.44. The van der Waals surface area contributed by atoms with E-state index in [9.17, 15) is 14.4 Å². The van der Waals surface area contributed by atoms with E-state index in [1.54, 1.807) is 11.3 Å². The fourth-order valence-electron chi connectivity index (χ4n) is 2.85. The maximum Gasteiger partial charge on any atom is 0.321 e. The number of aromatic nitrogens is 2. The number of nitrogens with one attached hydrogen (secondary N) is 3. The van der Waals surface area contributed by atoms with Gasteiger partial charge in [-0.05, 0) is 37.2 Å². The predicted molar refractivity (Wildman–Crippen MR) is 104 cm³/mol. The minimum atomic E-state index is -0.507. The molecule has 0 radical (unpaired) electrons. The van der Waals surface area contributed by atoms with Gasteiger partial charge in [0, 0.05) is 11.4 Å². The number of rotatable bonds is 5. The van der Waals surface area contributed by atoms with Gasteiger partial charge in [0.15, 0.2) is 5.16 Å². The summed E-state index contributed by atoms with van der Waals surface area (Å²) in [5.74, 6) is -0.110. The minimum Gasteiger partial charge on any atom is -0.338 e. The van der Waals surface area contributed by atoms with Crippen molar-refractivity contribution >= 4 is 45.3 Å². The Balaban J connectivity index is 1.63. The topological polar surface area (TPSA) is 104 Å². The number of fused-ring (bicyclic) bond motifs is 3. The zero-order valence-electron chi connectivity index (χ0n) is 14.8. The highest BCUT2D eigenvalue weighted by Crippen LogP contribution is 2.34. The van der Waals surface area contributed by atoms with Crippen LogP contribution in [0.25, 0.3) is 10.2 Å². The molecule has 7 nitrogen and oxygen atoms in total. The van der Waals surface area contributed by atoms with Crippen LogP contribution in [0.15, 0.2) is 9.95 Å². The molecule has 26 heavy (non-hydrogen) atoms. The van der Waals surface area contributed by atoms with Crippen molar-refractivity contribution in [2.45, 2.75) is 44.7 Å². The first-order valence-corrected chi connectivity index (χ1v) is 10.5. The molecule has 0 fully saturated rings. The van der Waals surface area contributed by atoms with E-state index in [0.29, 0.717) is 23.0 Å². The van der Waals surface area contributed by atoms with Gasteiger partial charge in [-0.15, -0.1) is 11.3 Å². The van der Waals surface area contributed by atoms with E-state index < -0.39 is 11.9 Å². The Morgan fingerprint density at radius 1 is 1.31 bits per heavy atom. The number of H-pyrrole nitrogens is 1. The summed E-state index contributed by atoms with van der Waals surface area (Å²) in [7, 11) is 0. The second-order valence-corrected chi connectivity index (χ2v) is 8.75. The van der Waals surface area contributed by atoms with Crippen LogP contribution in [-0.4, -0.2) is 34.2 Å². The van der Waals surface area contributed by atoms with Crippen LogP contribution >= 0.6 is 23.1 Å². The van der Waals surface area contributed by atoms with Gasteiger partial charge in [-0.25, -0.2) is 9.78 Å². The summed E-state index contributed by atoms with van der Waals surface area (Å²) in [6.07, 6.45) is 4.19. The summed E-state index contributed by atoms with van der Waals surface area (Å²) >= 11 is 2.69. The number of aryl methyl sites for hydroxylation is 2. The molecule has 0 aromatic carbocycles. The normalized spacial score (nSPS) is 13.7. The maximum absolute atomic E-state index is 12.4. The average molecular weight is 395 g/mol. The van der Waals surface area contributed by atoms with Crippen LogP contribution < -0.4 is 16.2 Å². The molecule has 0 saturated heterocycles. The molecular formula is C17H22N4O3S2. The van der Waals surface area contributed by atoms with E-state index in [0.717, 1.165) is 47.8 Å². The van der Waals surface area contributed by atoms with Crippen molar-refractivity contribution in [3.05, 3.63) is 20.8 Å². The van der Waals surface area contributed by atoms with Gasteiger partial charge < -0.3 is 10.3 Å². The molecule has 0 atom stereocenters. The van der Waals surface area contributed by atoms with Gasteiger partial charge in [-0.1, -0.05) is 25.6 Å². The molecule has 140 valence electrons. The molecule has 0 bridgehead atoms. The number of hydrogen-bond acceptors (Lipinski definition) is 6. The molecule has 0 spiro atoms. The van der Waals surface area contributed by atoms with Crippen LogP contribution in [0.3, 0.4) is 0 Å². The third kappa shape index (κ3) is 4.45. The SMILES string of the molecule is CC(C)CNC(=O)NC(=O)CSc1nc2sc3c(c2c(=O)[nH]1)CCCC3. The zero-order valence-corrected chi connectivity index (χ0v) is 16.4. The summed E-state index contributed by atoms with van der Waals surface area (Å²) in [5.41, 5.74) is 0.994. The van der Waals surface area contributed by atoms with Crippen molar-refractivity contribution in [2.75, 3.05) is 12.3 Å². The summed E-state index contributed by atoms with van der Waals surface area (Å²) in [6, 6.07) is -0.507. The van der Waals surface area contributed by atoms with Crippen molar-refractivity contribution in [1.82, 2.24) is 20.6 Å². The van der Waals surface area contributed by atoms with Crippen molar-refractivity contribution in [3.8, 4) is 0 Å². The lowest BCUT2D eigenvalue weighted by molar-refractivity contribution is -0.117. The van der Waals surface area contributed by atoms with Crippen LogP contribution in [0.1, 0.15) is 37.1 Å². The fraction of sp³-hybridized carbons (Fsp3) is 0.529. The van der Waals surface area contributed by atoms with Crippen molar-refractivity contribution in [2.24, 2.45) is 5.92 Å². The lowest BCUT2D eigenvalue weighted by atomic mass is 9.97. The van der Waals surface area contributed by atoms with Crippen molar-refractivity contribution in [3.63, 3.8) is 0 Å². The molecule has 2 aromatic heterocycles. The van der Waals surface area contributed by atoms with Gasteiger partial charge >= 0.3 is 6.03 Å².